The van der Waals surface area contributed by atoms with Crippen LogP contribution in [0.4, 0.5) is 0 Å². The molecule has 2 unspecified atom stereocenters. The summed E-state index contributed by atoms with van der Waals surface area (Å²) in [6.07, 6.45) is -1.95. The van der Waals surface area contributed by atoms with E-state index in [9.17, 15) is 10.2 Å². The Morgan fingerprint density at radius 1 is 1.40 bits per heavy atom. The molecule has 2 atom stereocenters. The molecule has 0 aliphatic carbocycles. The first kappa shape index (κ1) is 11.8. The topological polar surface area (TPSA) is 87.5 Å². The smallest absolute Gasteiger partial charge is 0.233 e. The predicted molar refractivity (Wildman–Crippen MR) is 53.5 cm³/mol. The first-order chi connectivity index (χ1) is 7.19. The Morgan fingerprint density at radius 3 is 2.60 bits per heavy atom. The maximum absolute atomic E-state index is 9.65. The SMILES string of the molecule is CNCC(O)C(O)c1ccc(OC)nn1. The molecule has 6 nitrogen and oxygen atoms in total. The fraction of sp³-hybridized carbons (Fsp3) is 0.556. The van der Waals surface area contributed by atoms with E-state index in [1.165, 1.54) is 7.11 Å². The van der Waals surface area contributed by atoms with Gasteiger partial charge in [0.15, 0.2) is 0 Å². The van der Waals surface area contributed by atoms with Gasteiger partial charge in [-0.15, -0.1) is 10.2 Å². The van der Waals surface area contributed by atoms with Crippen molar-refractivity contribution in [3.8, 4) is 5.88 Å². The molecule has 1 heterocycles. The lowest BCUT2D eigenvalue weighted by Crippen LogP contribution is -2.30. The van der Waals surface area contributed by atoms with Crippen LogP contribution in [0.3, 0.4) is 0 Å². The average Bonchev–Trinajstić information content (AvgIpc) is 2.28. The van der Waals surface area contributed by atoms with Crippen molar-refractivity contribution in [2.45, 2.75) is 12.2 Å². The van der Waals surface area contributed by atoms with E-state index in [0.717, 1.165) is 0 Å². The number of ether oxygens (including phenoxy) is 1. The summed E-state index contributed by atoms with van der Waals surface area (Å²) in [5.74, 6) is 0.369. The van der Waals surface area contributed by atoms with Crippen LogP contribution in [0.25, 0.3) is 0 Å². The summed E-state index contributed by atoms with van der Waals surface area (Å²) in [4.78, 5) is 0. The molecule has 0 bridgehead atoms. The van der Waals surface area contributed by atoms with Crippen molar-refractivity contribution in [3.63, 3.8) is 0 Å². The van der Waals surface area contributed by atoms with E-state index >= 15 is 0 Å². The fourth-order valence-corrected chi connectivity index (χ4v) is 1.11. The number of aliphatic hydroxyl groups is 2. The summed E-state index contributed by atoms with van der Waals surface area (Å²) < 4.78 is 4.83. The van der Waals surface area contributed by atoms with Crippen molar-refractivity contribution in [1.82, 2.24) is 15.5 Å². The van der Waals surface area contributed by atoms with Crippen LogP contribution < -0.4 is 10.1 Å². The van der Waals surface area contributed by atoms with E-state index in [2.05, 4.69) is 15.5 Å². The molecule has 1 aromatic rings. The molecule has 0 aromatic carbocycles. The van der Waals surface area contributed by atoms with Crippen LogP contribution in [0.1, 0.15) is 11.8 Å². The molecular formula is C9H15N3O3. The zero-order chi connectivity index (χ0) is 11.3. The fourth-order valence-electron chi connectivity index (χ4n) is 1.11. The third-order valence-electron chi connectivity index (χ3n) is 1.95. The lowest BCUT2D eigenvalue weighted by Gasteiger charge is -2.16. The number of hydrogen-bond donors (Lipinski definition) is 3. The van der Waals surface area contributed by atoms with E-state index in [0.29, 0.717) is 11.6 Å². The van der Waals surface area contributed by atoms with Gasteiger partial charge in [0.05, 0.1) is 18.9 Å². The molecule has 0 saturated carbocycles. The Bertz CT molecular complexity index is 291. The Balaban J connectivity index is 2.69. The van der Waals surface area contributed by atoms with E-state index in [-0.39, 0.29) is 6.54 Å². The highest BCUT2D eigenvalue weighted by Gasteiger charge is 2.19. The second-order valence-corrected chi connectivity index (χ2v) is 3.07. The molecule has 0 saturated heterocycles. The molecule has 1 rings (SSSR count). The Hall–Kier alpha value is -1.24. The lowest BCUT2D eigenvalue weighted by atomic mass is 10.1. The Kier molecular flexibility index (Phi) is 4.41. The lowest BCUT2D eigenvalue weighted by molar-refractivity contribution is 0.0170. The van der Waals surface area contributed by atoms with E-state index in [1.807, 2.05) is 0 Å². The number of nitrogens with one attached hydrogen (secondary N) is 1. The number of methoxy groups -OCH3 is 1. The molecule has 0 amide bonds. The molecule has 0 fully saturated rings. The van der Waals surface area contributed by atoms with Gasteiger partial charge < -0.3 is 20.3 Å². The van der Waals surface area contributed by atoms with Crippen molar-refractivity contribution in [3.05, 3.63) is 17.8 Å². The standard InChI is InChI=1S/C9H15N3O3/c1-10-5-7(13)9(14)6-3-4-8(15-2)12-11-6/h3-4,7,9-10,13-14H,5H2,1-2H3. The van der Waals surface area contributed by atoms with Crippen molar-refractivity contribution < 1.29 is 14.9 Å². The molecule has 0 radical (unpaired) electrons. The quantitative estimate of drug-likeness (QED) is 0.587. The molecule has 15 heavy (non-hydrogen) atoms. The van der Waals surface area contributed by atoms with Gasteiger partial charge in [-0.25, -0.2) is 0 Å². The van der Waals surface area contributed by atoms with Crippen molar-refractivity contribution in [2.75, 3.05) is 20.7 Å². The van der Waals surface area contributed by atoms with Crippen LogP contribution in [0.2, 0.25) is 0 Å². The van der Waals surface area contributed by atoms with Crippen molar-refractivity contribution >= 4 is 0 Å². The average molecular weight is 213 g/mol. The van der Waals surface area contributed by atoms with Crippen molar-refractivity contribution in [1.29, 1.82) is 0 Å². The number of hydrogen-bond acceptors (Lipinski definition) is 6. The van der Waals surface area contributed by atoms with Crippen molar-refractivity contribution in [2.24, 2.45) is 0 Å². The summed E-state index contributed by atoms with van der Waals surface area (Å²) in [6.45, 7) is 0.287. The highest BCUT2D eigenvalue weighted by atomic mass is 16.5. The van der Waals surface area contributed by atoms with Gasteiger partial charge >= 0.3 is 0 Å². The minimum absolute atomic E-state index is 0.287. The second kappa shape index (κ2) is 5.59. The van der Waals surface area contributed by atoms with Gasteiger partial charge in [0.1, 0.15) is 6.10 Å². The number of nitrogens with zero attached hydrogens (tertiary/aromatic N) is 2. The molecule has 3 N–H and O–H groups in total. The number of likely N-dealkylation sites (N-methyl/N-ethyl adjacent to an activating group) is 1. The van der Waals surface area contributed by atoms with E-state index in [1.54, 1.807) is 19.2 Å². The first-order valence-corrected chi connectivity index (χ1v) is 4.57. The van der Waals surface area contributed by atoms with E-state index in [4.69, 9.17) is 4.74 Å². The Labute approximate surface area is 87.9 Å². The van der Waals surface area contributed by atoms with Gasteiger partial charge in [-0.1, -0.05) is 0 Å². The predicted octanol–water partition coefficient (Wildman–Crippen LogP) is -0.901. The highest BCUT2D eigenvalue weighted by Crippen LogP contribution is 2.14. The zero-order valence-corrected chi connectivity index (χ0v) is 8.71. The van der Waals surface area contributed by atoms with Gasteiger partial charge in [0.25, 0.3) is 0 Å². The number of aromatic nitrogens is 2. The maximum atomic E-state index is 9.65. The normalized spacial score (nSPS) is 14.7. The van der Waals surface area contributed by atoms with E-state index < -0.39 is 12.2 Å². The van der Waals surface area contributed by atoms with Gasteiger partial charge in [-0.2, -0.15) is 0 Å². The largest absolute Gasteiger partial charge is 0.480 e. The summed E-state index contributed by atoms with van der Waals surface area (Å²) >= 11 is 0. The van der Waals surface area contributed by atoms with Crippen LogP contribution in [0.5, 0.6) is 5.88 Å². The van der Waals surface area contributed by atoms with Gasteiger partial charge in [-0.05, 0) is 13.1 Å². The van der Waals surface area contributed by atoms with Gasteiger partial charge in [0.2, 0.25) is 5.88 Å². The van der Waals surface area contributed by atoms with Crippen LogP contribution >= 0.6 is 0 Å². The first-order valence-electron chi connectivity index (χ1n) is 4.57. The summed E-state index contributed by atoms with van der Waals surface area (Å²) in [6, 6.07) is 3.15. The van der Waals surface area contributed by atoms with Crippen LogP contribution in [0.15, 0.2) is 12.1 Å². The summed E-state index contributed by atoms with van der Waals surface area (Å²) in [7, 11) is 3.17. The minimum Gasteiger partial charge on any atom is -0.480 e. The zero-order valence-electron chi connectivity index (χ0n) is 8.71. The highest BCUT2D eigenvalue weighted by molar-refractivity contribution is 5.13. The van der Waals surface area contributed by atoms with Gasteiger partial charge in [0, 0.05) is 12.6 Å². The van der Waals surface area contributed by atoms with Crippen LogP contribution in [0, 0.1) is 0 Å². The summed E-state index contributed by atoms with van der Waals surface area (Å²) in [5.41, 5.74) is 0.318. The summed E-state index contributed by atoms with van der Waals surface area (Å²) in [5, 5.41) is 29.3. The number of rotatable bonds is 5. The second-order valence-electron chi connectivity index (χ2n) is 3.07. The molecule has 0 aliphatic rings. The Morgan fingerprint density at radius 2 is 2.13 bits per heavy atom. The molecule has 84 valence electrons. The maximum Gasteiger partial charge on any atom is 0.233 e. The molecule has 0 spiro atoms. The minimum atomic E-state index is -1.05. The third-order valence-corrected chi connectivity index (χ3v) is 1.95. The molecule has 1 aromatic heterocycles. The molecule has 6 heteroatoms. The number of aliphatic hydroxyl groups excluding tert-OH is 2. The van der Waals surface area contributed by atoms with Crippen LogP contribution in [-0.2, 0) is 0 Å². The van der Waals surface area contributed by atoms with Crippen LogP contribution in [-0.4, -0.2) is 47.2 Å². The van der Waals surface area contributed by atoms with Gasteiger partial charge in [-0.3, -0.25) is 0 Å². The monoisotopic (exact) mass is 213 g/mol. The third kappa shape index (κ3) is 3.12. The molecule has 0 aliphatic heterocycles. The molecular weight excluding hydrogens is 198 g/mol.